The molecule has 5 nitrogen and oxygen atoms in total. The van der Waals surface area contributed by atoms with E-state index in [4.69, 9.17) is 14.2 Å². The maximum Gasteiger partial charge on any atom is 0.303 e. The fourth-order valence-corrected chi connectivity index (χ4v) is 2.80. The first kappa shape index (κ1) is 10.8. The third-order valence-electron chi connectivity index (χ3n) is 3.57. The summed E-state index contributed by atoms with van der Waals surface area (Å²) in [7, 11) is 0. The normalized spacial score (nSPS) is 45.1. The molecule has 1 heterocycles. The van der Waals surface area contributed by atoms with Crippen LogP contribution in [0.15, 0.2) is 12.2 Å². The van der Waals surface area contributed by atoms with Gasteiger partial charge in [-0.25, -0.2) is 0 Å². The van der Waals surface area contributed by atoms with Crippen LogP contribution in [0.1, 0.15) is 13.8 Å². The van der Waals surface area contributed by atoms with Crippen molar-refractivity contribution in [3.8, 4) is 0 Å². The first-order valence-corrected chi connectivity index (χ1v) is 5.76. The molecule has 2 fully saturated rings. The van der Waals surface area contributed by atoms with Crippen molar-refractivity contribution in [2.24, 2.45) is 11.8 Å². The van der Waals surface area contributed by atoms with Crippen LogP contribution in [0, 0.1) is 11.8 Å². The van der Waals surface area contributed by atoms with Crippen molar-refractivity contribution < 1.29 is 23.8 Å². The monoisotopic (exact) mass is 238 g/mol. The van der Waals surface area contributed by atoms with Crippen LogP contribution >= 0.6 is 0 Å². The molecule has 3 rings (SSSR count). The van der Waals surface area contributed by atoms with Gasteiger partial charge in [-0.05, 0) is 0 Å². The lowest BCUT2D eigenvalue weighted by Gasteiger charge is -2.41. The van der Waals surface area contributed by atoms with Crippen LogP contribution in [0.3, 0.4) is 0 Å². The predicted molar refractivity (Wildman–Crippen MR) is 55.9 cm³/mol. The molecule has 0 N–H and O–H groups in total. The maximum absolute atomic E-state index is 11.0. The molecule has 6 unspecified atom stereocenters. The first-order chi connectivity index (χ1) is 8.08. The molecule has 6 atom stereocenters. The summed E-state index contributed by atoms with van der Waals surface area (Å²) in [6, 6.07) is 0. The number of hydrogen-bond donors (Lipinski definition) is 0. The molecule has 0 spiro atoms. The van der Waals surface area contributed by atoms with Crippen LogP contribution in [0.4, 0.5) is 0 Å². The summed E-state index contributed by atoms with van der Waals surface area (Å²) < 4.78 is 16.0. The standard InChI is InChI=1S/C12H14O5/c1-5(13)15-9-7-3-4-8(7)10(16-6(2)14)12-11(9)17-12/h3-4,7-12H,1-2H3. The van der Waals surface area contributed by atoms with Crippen LogP contribution in [-0.4, -0.2) is 36.4 Å². The Kier molecular flexibility index (Phi) is 2.26. The fraction of sp³-hybridized carbons (Fsp3) is 0.667. The third-order valence-corrected chi connectivity index (χ3v) is 3.57. The minimum absolute atomic E-state index is 0.116. The second kappa shape index (κ2) is 3.57. The number of epoxide rings is 1. The molecule has 0 aromatic rings. The van der Waals surface area contributed by atoms with Crippen LogP contribution in [0.5, 0.6) is 0 Å². The van der Waals surface area contributed by atoms with E-state index in [1.54, 1.807) is 0 Å². The topological polar surface area (TPSA) is 65.1 Å². The Morgan fingerprint density at radius 2 is 1.35 bits per heavy atom. The Morgan fingerprint density at radius 1 is 0.941 bits per heavy atom. The molecule has 17 heavy (non-hydrogen) atoms. The van der Waals surface area contributed by atoms with E-state index in [-0.39, 0.29) is 48.2 Å². The van der Waals surface area contributed by atoms with Gasteiger partial charge in [0.25, 0.3) is 0 Å². The lowest BCUT2D eigenvalue weighted by Crippen LogP contribution is -2.51. The molecule has 0 bridgehead atoms. The molecular formula is C12H14O5. The van der Waals surface area contributed by atoms with E-state index >= 15 is 0 Å². The molecule has 0 amide bonds. The van der Waals surface area contributed by atoms with E-state index in [1.165, 1.54) is 13.8 Å². The molecule has 0 aromatic heterocycles. The van der Waals surface area contributed by atoms with E-state index in [0.717, 1.165) is 0 Å². The smallest absolute Gasteiger partial charge is 0.303 e. The largest absolute Gasteiger partial charge is 0.459 e. The van der Waals surface area contributed by atoms with Crippen molar-refractivity contribution in [2.75, 3.05) is 0 Å². The molecule has 5 heteroatoms. The van der Waals surface area contributed by atoms with Crippen LogP contribution in [0.25, 0.3) is 0 Å². The van der Waals surface area contributed by atoms with E-state index in [2.05, 4.69) is 0 Å². The van der Waals surface area contributed by atoms with Crippen LogP contribution in [-0.2, 0) is 23.8 Å². The van der Waals surface area contributed by atoms with Crippen molar-refractivity contribution in [2.45, 2.75) is 38.3 Å². The van der Waals surface area contributed by atoms with E-state index in [9.17, 15) is 9.59 Å². The SMILES string of the molecule is CC(=O)OC1C2C=CC2C(OC(C)=O)C2OC12. The average molecular weight is 238 g/mol. The zero-order valence-electron chi connectivity index (χ0n) is 9.66. The summed E-state index contributed by atoms with van der Waals surface area (Å²) in [5.74, 6) is -0.359. The summed E-state index contributed by atoms with van der Waals surface area (Å²) >= 11 is 0. The Balaban J connectivity index is 1.75. The Labute approximate surface area is 98.7 Å². The highest BCUT2D eigenvalue weighted by molar-refractivity contribution is 5.67. The molecule has 1 saturated carbocycles. The molecule has 1 aliphatic heterocycles. The summed E-state index contributed by atoms with van der Waals surface area (Å²) in [6.07, 6.45) is 3.31. The van der Waals surface area contributed by atoms with Gasteiger partial charge in [0, 0.05) is 25.7 Å². The molecular weight excluding hydrogens is 224 g/mol. The van der Waals surface area contributed by atoms with Crippen molar-refractivity contribution >= 4 is 11.9 Å². The van der Waals surface area contributed by atoms with Gasteiger partial charge in [-0.1, -0.05) is 12.2 Å². The number of carbonyl (C=O) groups excluding carboxylic acids is 2. The minimum atomic E-state index is -0.297. The summed E-state index contributed by atoms with van der Waals surface area (Å²) in [5, 5.41) is 0. The number of fused-ring (bicyclic) bond motifs is 2. The van der Waals surface area contributed by atoms with Crippen LogP contribution in [0.2, 0.25) is 0 Å². The maximum atomic E-state index is 11.0. The average Bonchev–Trinajstić information content (AvgIpc) is 2.90. The second-order valence-electron chi connectivity index (χ2n) is 4.75. The minimum Gasteiger partial charge on any atom is -0.459 e. The highest BCUT2D eigenvalue weighted by Gasteiger charge is 2.64. The highest BCUT2D eigenvalue weighted by Crippen LogP contribution is 2.50. The van der Waals surface area contributed by atoms with Gasteiger partial charge in [0.1, 0.15) is 24.4 Å². The van der Waals surface area contributed by atoms with Crippen molar-refractivity contribution in [3.05, 3.63) is 12.2 Å². The molecule has 92 valence electrons. The van der Waals surface area contributed by atoms with Gasteiger partial charge in [-0.3, -0.25) is 9.59 Å². The third kappa shape index (κ3) is 1.65. The Hall–Kier alpha value is -1.36. The number of ether oxygens (including phenoxy) is 3. The van der Waals surface area contributed by atoms with Crippen molar-refractivity contribution in [3.63, 3.8) is 0 Å². The van der Waals surface area contributed by atoms with E-state index < -0.39 is 0 Å². The lowest BCUT2D eigenvalue weighted by atomic mass is 9.68. The van der Waals surface area contributed by atoms with Crippen LogP contribution < -0.4 is 0 Å². The highest BCUT2D eigenvalue weighted by atomic mass is 16.7. The van der Waals surface area contributed by atoms with E-state index in [0.29, 0.717) is 0 Å². The predicted octanol–water partition coefficient (Wildman–Crippen LogP) is 0.433. The summed E-state index contributed by atoms with van der Waals surface area (Å²) in [4.78, 5) is 22.0. The molecule has 0 aromatic carbocycles. The number of carbonyl (C=O) groups is 2. The van der Waals surface area contributed by atoms with E-state index in [1.807, 2.05) is 12.2 Å². The molecule has 2 aliphatic carbocycles. The molecule has 0 radical (unpaired) electrons. The van der Waals surface area contributed by atoms with Gasteiger partial charge < -0.3 is 14.2 Å². The molecule has 1 saturated heterocycles. The number of hydrogen-bond acceptors (Lipinski definition) is 5. The zero-order chi connectivity index (χ0) is 12.2. The zero-order valence-corrected chi connectivity index (χ0v) is 9.66. The fourth-order valence-electron chi connectivity index (χ4n) is 2.80. The van der Waals surface area contributed by atoms with Gasteiger partial charge in [0.05, 0.1) is 0 Å². The van der Waals surface area contributed by atoms with Crippen molar-refractivity contribution in [1.82, 2.24) is 0 Å². The molecule has 3 aliphatic rings. The Bertz CT molecular complexity index is 366. The lowest BCUT2D eigenvalue weighted by molar-refractivity contribution is -0.160. The number of rotatable bonds is 2. The second-order valence-corrected chi connectivity index (χ2v) is 4.75. The van der Waals surface area contributed by atoms with Gasteiger partial charge in [0.2, 0.25) is 0 Å². The van der Waals surface area contributed by atoms with Gasteiger partial charge in [-0.15, -0.1) is 0 Å². The van der Waals surface area contributed by atoms with Gasteiger partial charge in [-0.2, -0.15) is 0 Å². The first-order valence-electron chi connectivity index (χ1n) is 5.76. The summed E-state index contributed by atoms with van der Waals surface area (Å²) in [5.41, 5.74) is 0. The van der Waals surface area contributed by atoms with Crippen molar-refractivity contribution in [1.29, 1.82) is 0 Å². The number of esters is 2. The van der Waals surface area contributed by atoms with Gasteiger partial charge in [0.15, 0.2) is 0 Å². The summed E-state index contributed by atoms with van der Waals surface area (Å²) in [6.45, 7) is 2.79. The quantitative estimate of drug-likeness (QED) is 0.396. The van der Waals surface area contributed by atoms with Gasteiger partial charge >= 0.3 is 11.9 Å². The Morgan fingerprint density at radius 3 is 1.65 bits per heavy atom.